The van der Waals surface area contributed by atoms with E-state index in [0.717, 1.165) is 26.2 Å². The van der Waals surface area contributed by atoms with E-state index in [2.05, 4.69) is 0 Å². The predicted molar refractivity (Wildman–Crippen MR) is 48.5 cm³/mol. The summed E-state index contributed by atoms with van der Waals surface area (Å²) >= 11 is 0. The highest BCUT2D eigenvalue weighted by molar-refractivity contribution is 4.77. The maximum Gasteiger partial charge on any atom is 0.0823 e. The minimum absolute atomic E-state index is 0.234. The largest absolute Gasteiger partial charge is 0.390 e. The summed E-state index contributed by atoms with van der Waals surface area (Å²) in [4.78, 5) is 0. The minimum atomic E-state index is -0.234. The van der Waals surface area contributed by atoms with Crippen LogP contribution in [0.25, 0.3) is 0 Å². The van der Waals surface area contributed by atoms with Crippen LogP contribution in [-0.2, 0) is 9.47 Å². The highest BCUT2D eigenvalue weighted by Crippen LogP contribution is 2.26. The Kier molecular flexibility index (Phi) is 3.19. The van der Waals surface area contributed by atoms with Gasteiger partial charge in [0.15, 0.2) is 0 Å². The van der Waals surface area contributed by atoms with E-state index in [1.807, 2.05) is 0 Å². The van der Waals surface area contributed by atoms with E-state index in [1.54, 1.807) is 0 Å². The second-order valence-corrected chi connectivity index (χ2v) is 4.18. The molecule has 0 radical (unpaired) electrons. The molecule has 76 valence electrons. The van der Waals surface area contributed by atoms with Crippen LogP contribution in [0.3, 0.4) is 0 Å². The van der Waals surface area contributed by atoms with Crippen molar-refractivity contribution in [3.05, 3.63) is 0 Å². The standard InChI is InChI=1S/C10H18O3/c11-10-7-13-6-9(10)4-8-2-1-3-12-5-8/h8-11H,1-7H2. The zero-order valence-corrected chi connectivity index (χ0v) is 7.95. The molecule has 0 aromatic heterocycles. The van der Waals surface area contributed by atoms with E-state index >= 15 is 0 Å². The van der Waals surface area contributed by atoms with E-state index in [4.69, 9.17) is 9.47 Å². The average molecular weight is 186 g/mol. The third-order valence-corrected chi connectivity index (χ3v) is 3.06. The molecule has 0 saturated carbocycles. The Balaban J connectivity index is 1.75. The lowest BCUT2D eigenvalue weighted by molar-refractivity contribution is 0.0354. The minimum Gasteiger partial charge on any atom is -0.390 e. The lowest BCUT2D eigenvalue weighted by atomic mass is 9.89. The van der Waals surface area contributed by atoms with Crippen LogP contribution in [0.15, 0.2) is 0 Å². The molecule has 0 aromatic carbocycles. The van der Waals surface area contributed by atoms with Crippen molar-refractivity contribution >= 4 is 0 Å². The topological polar surface area (TPSA) is 38.7 Å². The first kappa shape index (κ1) is 9.44. The van der Waals surface area contributed by atoms with Gasteiger partial charge in [0.1, 0.15) is 0 Å². The van der Waals surface area contributed by atoms with Gasteiger partial charge in [-0.15, -0.1) is 0 Å². The molecule has 3 heteroatoms. The van der Waals surface area contributed by atoms with Crippen molar-refractivity contribution in [2.75, 3.05) is 26.4 Å². The molecule has 3 unspecified atom stereocenters. The Morgan fingerprint density at radius 1 is 1.15 bits per heavy atom. The second kappa shape index (κ2) is 4.40. The molecule has 3 nitrogen and oxygen atoms in total. The number of hydrogen-bond donors (Lipinski definition) is 1. The van der Waals surface area contributed by atoms with Crippen LogP contribution in [0.2, 0.25) is 0 Å². The van der Waals surface area contributed by atoms with E-state index in [-0.39, 0.29) is 6.10 Å². The number of ether oxygens (including phenoxy) is 2. The first-order valence-electron chi connectivity index (χ1n) is 5.20. The third kappa shape index (κ3) is 2.42. The van der Waals surface area contributed by atoms with E-state index in [9.17, 15) is 5.11 Å². The summed E-state index contributed by atoms with van der Waals surface area (Å²) < 4.78 is 10.6. The SMILES string of the molecule is OC1COCC1CC1CCCOC1. The van der Waals surface area contributed by atoms with Crippen molar-refractivity contribution in [1.29, 1.82) is 0 Å². The van der Waals surface area contributed by atoms with Crippen molar-refractivity contribution < 1.29 is 14.6 Å². The summed E-state index contributed by atoms with van der Waals surface area (Å²) in [6.45, 7) is 3.05. The van der Waals surface area contributed by atoms with Crippen molar-refractivity contribution in [3.8, 4) is 0 Å². The van der Waals surface area contributed by atoms with Crippen LogP contribution < -0.4 is 0 Å². The fourth-order valence-corrected chi connectivity index (χ4v) is 2.23. The zero-order chi connectivity index (χ0) is 9.10. The van der Waals surface area contributed by atoms with Gasteiger partial charge in [-0.25, -0.2) is 0 Å². The highest BCUT2D eigenvalue weighted by Gasteiger charge is 2.29. The summed E-state index contributed by atoms with van der Waals surface area (Å²) in [7, 11) is 0. The number of aliphatic hydroxyl groups excluding tert-OH is 1. The quantitative estimate of drug-likeness (QED) is 0.693. The maximum absolute atomic E-state index is 9.55. The van der Waals surface area contributed by atoms with Crippen LogP contribution in [0.4, 0.5) is 0 Å². The molecule has 0 aliphatic carbocycles. The van der Waals surface area contributed by atoms with Crippen LogP contribution >= 0.6 is 0 Å². The van der Waals surface area contributed by atoms with Gasteiger partial charge in [0.25, 0.3) is 0 Å². The number of hydrogen-bond acceptors (Lipinski definition) is 3. The lowest BCUT2D eigenvalue weighted by Gasteiger charge is -2.25. The second-order valence-electron chi connectivity index (χ2n) is 4.18. The van der Waals surface area contributed by atoms with Crippen LogP contribution in [0, 0.1) is 11.8 Å². The Bertz CT molecular complexity index is 154. The highest BCUT2D eigenvalue weighted by atomic mass is 16.5. The summed E-state index contributed by atoms with van der Waals surface area (Å²) in [5.41, 5.74) is 0. The molecular weight excluding hydrogens is 168 g/mol. The summed E-state index contributed by atoms with van der Waals surface area (Å²) in [5, 5.41) is 9.55. The first-order chi connectivity index (χ1) is 6.36. The molecule has 2 aliphatic heterocycles. The fourth-order valence-electron chi connectivity index (χ4n) is 2.23. The summed E-state index contributed by atoms with van der Waals surface area (Å²) in [6.07, 6.45) is 3.26. The monoisotopic (exact) mass is 186 g/mol. The van der Waals surface area contributed by atoms with Gasteiger partial charge in [0.2, 0.25) is 0 Å². The molecule has 2 aliphatic rings. The summed E-state index contributed by atoms with van der Waals surface area (Å²) in [5.74, 6) is 1.00. The molecule has 13 heavy (non-hydrogen) atoms. The van der Waals surface area contributed by atoms with Crippen molar-refractivity contribution in [3.63, 3.8) is 0 Å². The normalized spacial score (nSPS) is 40.8. The summed E-state index contributed by atoms with van der Waals surface area (Å²) in [6, 6.07) is 0. The Hall–Kier alpha value is -0.120. The van der Waals surface area contributed by atoms with Gasteiger partial charge in [0.05, 0.1) is 19.3 Å². The Labute approximate surface area is 79.0 Å². The molecule has 3 atom stereocenters. The molecule has 0 bridgehead atoms. The zero-order valence-electron chi connectivity index (χ0n) is 7.95. The van der Waals surface area contributed by atoms with Gasteiger partial charge in [-0.1, -0.05) is 0 Å². The smallest absolute Gasteiger partial charge is 0.0823 e. The van der Waals surface area contributed by atoms with Crippen LogP contribution in [0.1, 0.15) is 19.3 Å². The van der Waals surface area contributed by atoms with Gasteiger partial charge >= 0.3 is 0 Å². The van der Waals surface area contributed by atoms with Gasteiger partial charge in [-0.3, -0.25) is 0 Å². The van der Waals surface area contributed by atoms with Gasteiger partial charge in [-0.05, 0) is 25.2 Å². The lowest BCUT2D eigenvalue weighted by Crippen LogP contribution is -2.25. The van der Waals surface area contributed by atoms with Crippen molar-refractivity contribution in [2.45, 2.75) is 25.4 Å². The number of aliphatic hydroxyl groups is 1. The van der Waals surface area contributed by atoms with Crippen molar-refractivity contribution in [1.82, 2.24) is 0 Å². The molecule has 0 spiro atoms. The molecule has 2 fully saturated rings. The predicted octanol–water partition coefficient (Wildman–Crippen LogP) is 0.810. The maximum atomic E-state index is 9.55. The van der Waals surface area contributed by atoms with E-state index in [0.29, 0.717) is 18.4 Å². The molecular formula is C10H18O3. The van der Waals surface area contributed by atoms with Gasteiger partial charge in [-0.2, -0.15) is 0 Å². The van der Waals surface area contributed by atoms with Crippen LogP contribution in [-0.4, -0.2) is 37.6 Å². The number of rotatable bonds is 2. The Morgan fingerprint density at radius 2 is 2.08 bits per heavy atom. The molecule has 2 heterocycles. The molecule has 2 saturated heterocycles. The molecule has 1 N–H and O–H groups in total. The third-order valence-electron chi connectivity index (χ3n) is 3.06. The molecule has 0 amide bonds. The van der Waals surface area contributed by atoms with Gasteiger partial charge in [0, 0.05) is 19.1 Å². The first-order valence-corrected chi connectivity index (χ1v) is 5.20. The van der Waals surface area contributed by atoms with Crippen molar-refractivity contribution in [2.24, 2.45) is 11.8 Å². The molecule has 0 aromatic rings. The van der Waals surface area contributed by atoms with Crippen LogP contribution in [0.5, 0.6) is 0 Å². The van der Waals surface area contributed by atoms with Gasteiger partial charge < -0.3 is 14.6 Å². The van der Waals surface area contributed by atoms with E-state index in [1.165, 1.54) is 12.8 Å². The van der Waals surface area contributed by atoms with E-state index < -0.39 is 0 Å². The fraction of sp³-hybridized carbons (Fsp3) is 1.00. The molecule has 2 rings (SSSR count). The Morgan fingerprint density at radius 3 is 2.69 bits per heavy atom. The average Bonchev–Trinajstić information content (AvgIpc) is 2.54.